The Balaban J connectivity index is 1.71. The van der Waals surface area contributed by atoms with Crippen LogP contribution in [0.4, 0.5) is 5.69 Å². The summed E-state index contributed by atoms with van der Waals surface area (Å²) < 4.78 is 5.53. The van der Waals surface area contributed by atoms with Gasteiger partial charge in [0.05, 0.1) is 17.7 Å². The standard InChI is InChI=1S/C23H23BrN4S/c1-17-7-8-21(13-18(17)2)26-23-28(11-4-10-27-12-9-25-16-27)22(15-29-23)19-5-3-6-20(24)14-19/h3,5-9,12-16H,4,10-11H2,1-2H3. The van der Waals surface area contributed by atoms with Crippen molar-refractivity contribution in [3.8, 4) is 11.3 Å². The van der Waals surface area contributed by atoms with Crippen molar-refractivity contribution in [2.24, 2.45) is 4.99 Å². The molecular weight excluding hydrogens is 444 g/mol. The number of aromatic nitrogens is 3. The number of hydrogen-bond donors (Lipinski definition) is 0. The van der Waals surface area contributed by atoms with Crippen molar-refractivity contribution in [1.29, 1.82) is 0 Å². The van der Waals surface area contributed by atoms with Gasteiger partial charge in [-0.1, -0.05) is 34.1 Å². The van der Waals surface area contributed by atoms with Crippen LogP contribution in [-0.4, -0.2) is 14.1 Å². The fourth-order valence-corrected chi connectivity index (χ4v) is 4.60. The van der Waals surface area contributed by atoms with Gasteiger partial charge >= 0.3 is 0 Å². The Bertz CT molecular complexity index is 1170. The van der Waals surface area contributed by atoms with E-state index >= 15 is 0 Å². The molecule has 29 heavy (non-hydrogen) atoms. The second-order valence-electron chi connectivity index (χ2n) is 7.10. The first kappa shape index (κ1) is 19.9. The highest BCUT2D eigenvalue weighted by Gasteiger charge is 2.09. The smallest absolute Gasteiger partial charge is 0.190 e. The Morgan fingerprint density at radius 2 is 1.97 bits per heavy atom. The van der Waals surface area contributed by atoms with Gasteiger partial charge in [0.15, 0.2) is 4.80 Å². The van der Waals surface area contributed by atoms with Gasteiger partial charge in [-0.15, -0.1) is 11.3 Å². The molecule has 4 aromatic rings. The SMILES string of the molecule is Cc1ccc(N=c2scc(-c3cccc(Br)c3)n2CCCn2ccnc2)cc1C. The summed E-state index contributed by atoms with van der Waals surface area (Å²) >= 11 is 5.29. The lowest BCUT2D eigenvalue weighted by Gasteiger charge is -2.10. The van der Waals surface area contributed by atoms with Crippen molar-refractivity contribution in [2.45, 2.75) is 33.4 Å². The average molecular weight is 467 g/mol. The minimum Gasteiger partial charge on any atom is -0.337 e. The first-order valence-electron chi connectivity index (χ1n) is 9.62. The summed E-state index contributed by atoms with van der Waals surface area (Å²) in [6.07, 6.45) is 6.71. The van der Waals surface area contributed by atoms with E-state index in [0.29, 0.717) is 0 Å². The van der Waals surface area contributed by atoms with Crippen LogP contribution < -0.4 is 4.80 Å². The molecule has 0 aliphatic rings. The molecule has 0 aliphatic carbocycles. The van der Waals surface area contributed by atoms with E-state index < -0.39 is 0 Å². The van der Waals surface area contributed by atoms with Crippen LogP contribution in [-0.2, 0) is 13.1 Å². The first-order valence-corrected chi connectivity index (χ1v) is 11.3. The molecule has 0 fully saturated rings. The van der Waals surface area contributed by atoms with Gasteiger partial charge in [-0.2, -0.15) is 0 Å². The van der Waals surface area contributed by atoms with Crippen LogP contribution in [0.15, 0.2) is 76.0 Å². The predicted molar refractivity (Wildman–Crippen MR) is 123 cm³/mol. The number of nitrogens with zero attached hydrogens (tertiary/aromatic N) is 4. The second kappa shape index (κ2) is 8.93. The number of benzene rings is 2. The Kier molecular flexibility index (Phi) is 6.11. The molecule has 0 amide bonds. The monoisotopic (exact) mass is 466 g/mol. The van der Waals surface area contributed by atoms with E-state index in [1.807, 2.05) is 18.7 Å². The fraction of sp³-hybridized carbons (Fsp3) is 0.217. The molecule has 0 aliphatic heterocycles. The van der Waals surface area contributed by atoms with Gasteiger partial charge in [0.1, 0.15) is 0 Å². The van der Waals surface area contributed by atoms with Crippen molar-refractivity contribution in [2.75, 3.05) is 0 Å². The third kappa shape index (κ3) is 4.77. The number of aryl methyl sites for hydroxylation is 3. The van der Waals surface area contributed by atoms with Crippen molar-refractivity contribution in [3.05, 3.63) is 87.0 Å². The maximum atomic E-state index is 4.98. The van der Waals surface area contributed by atoms with Gasteiger partial charge in [0.25, 0.3) is 0 Å². The van der Waals surface area contributed by atoms with Gasteiger partial charge in [0, 0.05) is 40.9 Å². The van der Waals surface area contributed by atoms with Crippen LogP contribution in [0.3, 0.4) is 0 Å². The summed E-state index contributed by atoms with van der Waals surface area (Å²) in [5, 5.41) is 2.21. The summed E-state index contributed by atoms with van der Waals surface area (Å²) in [6.45, 7) is 6.10. The van der Waals surface area contributed by atoms with E-state index in [9.17, 15) is 0 Å². The molecule has 0 bridgehead atoms. The van der Waals surface area contributed by atoms with E-state index in [4.69, 9.17) is 4.99 Å². The molecule has 0 saturated carbocycles. The average Bonchev–Trinajstić information content (AvgIpc) is 3.35. The highest BCUT2D eigenvalue weighted by atomic mass is 79.9. The normalized spacial score (nSPS) is 11.9. The zero-order valence-electron chi connectivity index (χ0n) is 16.5. The van der Waals surface area contributed by atoms with Crippen LogP contribution in [0.5, 0.6) is 0 Å². The lowest BCUT2D eigenvalue weighted by atomic mass is 10.1. The van der Waals surface area contributed by atoms with E-state index in [2.05, 4.69) is 91.7 Å². The Labute approximate surface area is 183 Å². The third-order valence-corrected chi connectivity index (χ3v) is 6.35. The molecule has 0 atom stereocenters. The topological polar surface area (TPSA) is 35.1 Å². The van der Waals surface area contributed by atoms with E-state index in [-0.39, 0.29) is 0 Å². The number of halogens is 1. The number of hydrogen-bond acceptors (Lipinski definition) is 3. The van der Waals surface area contributed by atoms with Crippen molar-refractivity contribution in [3.63, 3.8) is 0 Å². The van der Waals surface area contributed by atoms with E-state index in [0.717, 1.165) is 34.5 Å². The molecule has 0 radical (unpaired) electrons. The largest absolute Gasteiger partial charge is 0.337 e. The number of thiazole rings is 1. The summed E-state index contributed by atoms with van der Waals surface area (Å²) in [7, 11) is 0. The van der Waals surface area contributed by atoms with E-state index in [1.165, 1.54) is 22.4 Å². The number of rotatable bonds is 6. The highest BCUT2D eigenvalue weighted by molar-refractivity contribution is 9.10. The molecule has 2 heterocycles. The van der Waals surface area contributed by atoms with Gasteiger partial charge in [-0.3, -0.25) is 0 Å². The third-order valence-electron chi connectivity index (χ3n) is 4.99. The maximum absolute atomic E-state index is 4.98. The Hall–Kier alpha value is -2.44. The van der Waals surface area contributed by atoms with Gasteiger partial charge in [-0.25, -0.2) is 9.98 Å². The molecular formula is C23H23BrN4S. The van der Waals surface area contributed by atoms with Crippen LogP contribution in [0.1, 0.15) is 17.5 Å². The highest BCUT2D eigenvalue weighted by Crippen LogP contribution is 2.25. The molecule has 0 N–H and O–H groups in total. The summed E-state index contributed by atoms with van der Waals surface area (Å²) in [4.78, 5) is 10.1. The minimum absolute atomic E-state index is 0.896. The van der Waals surface area contributed by atoms with E-state index in [1.54, 1.807) is 11.3 Å². The molecule has 148 valence electrons. The summed E-state index contributed by atoms with van der Waals surface area (Å²) in [6, 6.07) is 14.8. The van der Waals surface area contributed by atoms with Gasteiger partial charge in [0.2, 0.25) is 0 Å². The molecule has 0 spiro atoms. The Morgan fingerprint density at radius 1 is 1.07 bits per heavy atom. The zero-order valence-corrected chi connectivity index (χ0v) is 18.9. The van der Waals surface area contributed by atoms with Crippen molar-refractivity contribution >= 4 is 33.0 Å². The molecule has 0 unspecified atom stereocenters. The molecule has 4 rings (SSSR count). The fourth-order valence-electron chi connectivity index (χ4n) is 3.25. The molecule has 6 heteroatoms. The second-order valence-corrected chi connectivity index (χ2v) is 8.85. The van der Waals surface area contributed by atoms with Gasteiger partial charge < -0.3 is 9.13 Å². The van der Waals surface area contributed by atoms with Crippen molar-refractivity contribution in [1.82, 2.24) is 14.1 Å². The lowest BCUT2D eigenvalue weighted by molar-refractivity contribution is 0.559. The summed E-state index contributed by atoms with van der Waals surface area (Å²) in [5.41, 5.74) is 5.95. The molecule has 2 aromatic heterocycles. The van der Waals surface area contributed by atoms with Crippen LogP contribution in [0, 0.1) is 13.8 Å². The molecule has 0 saturated heterocycles. The van der Waals surface area contributed by atoms with Gasteiger partial charge in [-0.05, 0) is 55.7 Å². The predicted octanol–water partition coefficient (Wildman–Crippen LogP) is 6.12. The molecule has 4 nitrogen and oxygen atoms in total. The summed E-state index contributed by atoms with van der Waals surface area (Å²) in [5.74, 6) is 0. The van der Waals surface area contributed by atoms with Crippen LogP contribution in [0.25, 0.3) is 11.3 Å². The minimum atomic E-state index is 0.896. The van der Waals surface area contributed by atoms with Crippen LogP contribution in [0.2, 0.25) is 0 Å². The maximum Gasteiger partial charge on any atom is 0.190 e. The molecule has 2 aromatic carbocycles. The quantitative estimate of drug-likeness (QED) is 0.337. The zero-order chi connectivity index (χ0) is 20.2. The van der Waals surface area contributed by atoms with Crippen LogP contribution >= 0.6 is 27.3 Å². The van der Waals surface area contributed by atoms with Crippen molar-refractivity contribution < 1.29 is 0 Å². The Morgan fingerprint density at radius 3 is 2.72 bits per heavy atom. The first-order chi connectivity index (χ1) is 14.1. The number of imidazole rings is 1. The lowest BCUT2D eigenvalue weighted by Crippen LogP contribution is -2.17.